The summed E-state index contributed by atoms with van der Waals surface area (Å²) >= 11 is 0. The summed E-state index contributed by atoms with van der Waals surface area (Å²) in [6.07, 6.45) is 3.98. The van der Waals surface area contributed by atoms with Crippen LogP contribution in [0.4, 0.5) is 0 Å². The Morgan fingerprint density at radius 3 is 2.70 bits per heavy atom. The van der Waals surface area contributed by atoms with Crippen LogP contribution in [0.5, 0.6) is 0 Å². The molecule has 0 unspecified atom stereocenters. The van der Waals surface area contributed by atoms with Gasteiger partial charge in [-0.1, -0.05) is 49.4 Å². The van der Waals surface area contributed by atoms with E-state index in [-0.39, 0.29) is 35.5 Å². The molecule has 1 amide bonds. The molecule has 0 aromatic heterocycles. The van der Waals surface area contributed by atoms with Gasteiger partial charge < -0.3 is 9.64 Å². The Labute approximate surface area is 137 Å². The van der Waals surface area contributed by atoms with Crippen LogP contribution in [0.1, 0.15) is 19.4 Å². The second-order valence-electron chi connectivity index (χ2n) is 6.42. The van der Waals surface area contributed by atoms with Gasteiger partial charge in [-0.15, -0.1) is 0 Å². The molecule has 1 aliphatic heterocycles. The summed E-state index contributed by atoms with van der Waals surface area (Å²) in [6, 6.07) is 9.97. The quantitative estimate of drug-likeness (QED) is 0.634. The Hall–Kier alpha value is -2.10. The molecule has 0 N–H and O–H groups in total. The van der Waals surface area contributed by atoms with E-state index in [0.717, 1.165) is 5.56 Å². The lowest BCUT2D eigenvalue weighted by Crippen LogP contribution is -2.37. The number of esters is 1. The summed E-state index contributed by atoms with van der Waals surface area (Å²) in [5.41, 5.74) is 1.12. The fourth-order valence-corrected chi connectivity index (χ4v) is 3.79. The number of fused-ring (bicyclic) bond motifs is 1. The Morgan fingerprint density at radius 2 is 2.00 bits per heavy atom. The largest absolute Gasteiger partial charge is 0.466 e. The third-order valence-electron chi connectivity index (χ3n) is 4.91. The maximum Gasteiger partial charge on any atom is 0.309 e. The van der Waals surface area contributed by atoms with Crippen LogP contribution >= 0.6 is 0 Å². The predicted octanol–water partition coefficient (Wildman–Crippen LogP) is 2.65. The summed E-state index contributed by atoms with van der Waals surface area (Å²) in [7, 11) is 0. The maximum absolute atomic E-state index is 12.7. The van der Waals surface area contributed by atoms with Crippen LogP contribution in [0.3, 0.4) is 0 Å². The highest BCUT2D eigenvalue weighted by Crippen LogP contribution is 2.41. The van der Waals surface area contributed by atoms with Crippen molar-refractivity contribution in [2.75, 3.05) is 13.2 Å². The highest BCUT2D eigenvalue weighted by atomic mass is 16.5. The fourth-order valence-electron chi connectivity index (χ4n) is 3.79. The number of carbonyl (C=O) groups is 2. The monoisotopic (exact) mass is 313 g/mol. The molecule has 1 fully saturated rings. The molecule has 0 spiro atoms. The summed E-state index contributed by atoms with van der Waals surface area (Å²) in [4.78, 5) is 26.9. The second kappa shape index (κ2) is 6.57. The molecule has 4 nitrogen and oxygen atoms in total. The van der Waals surface area contributed by atoms with Gasteiger partial charge in [0.05, 0.1) is 18.4 Å². The van der Waals surface area contributed by atoms with Crippen molar-refractivity contribution in [1.29, 1.82) is 0 Å². The van der Waals surface area contributed by atoms with Gasteiger partial charge in [0.15, 0.2) is 0 Å². The van der Waals surface area contributed by atoms with E-state index in [9.17, 15) is 9.59 Å². The first-order valence-electron chi connectivity index (χ1n) is 8.29. The molecule has 0 bridgehead atoms. The van der Waals surface area contributed by atoms with E-state index in [2.05, 4.69) is 0 Å². The zero-order valence-electron chi connectivity index (χ0n) is 13.6. The predicted molar refractivity (Wildman–Crippen MR) is 87.3 cm³/mol. The molecule has 1 heterocycles. The van der Waals surface area contributed by atoms with E-state index in [1.54, 1.807) is 0 Å². The number of carbonyl (C=O) groups excluding carboxylic acids is 2. The van der Waals surface area contributed by atoms with Gasteiger partial charge in [-0.3, -0.25) is 9.59 Å². The molecule has 4 heteroatoms. The van der Waals surface area contributed by atoms with E-state index in [0.29, 0.717) is 19.7 Å². The first-order chi connectivity index (χ1) is 11.1. The Balaban J connectivity index is 1.79. The van der Waals surface area contributed by atoms with Crippen molar-refractivity contribution in [3.63, 3.8) is 0 Å². The van der Waals surface area contributed by atoms with Crippen molar-refractivity contribution < 1.29 is 14.3 Å². The topological polar surface area (TPSA) is 46.6 Å². The molecule has 122 valence electrons. The van der Waals surface area contributed by atoms with Crippen LogP contribution in [-0.4, -0.2) is 29.9 Å². The van der Waals surface area contributed by atoms with Gasteiger partial charge in [-0.2, -0.15) is 0 Å². The van der Waals surface area contributed by atoms with Crippen molar-refractivity contribution in [3.8, 4) is 0 Å². The minimum absolute atomic E-state index is 0.0188. The Morgan fingerprint density at radius 1 is 1.26 bits per heavy atom. The first-order valence-corrected chi connectivity index (χ1v) is 8.29. The second-order valence-corrected chi connectivity index (χ2v) is 6.42. The number of likely N-dealkylation sites (tertiary alicyclic amines) is 1. The normalized spacial score (nSPS) is 29.5. The highest BCUT2D eigenvalue weighted by Gasteiger charge is 2.49. The van der Waals surface area contributed by atoms with Crippen LogP contribution in [-0.2, 0) is 20.9 Å². The lowest BCUT2D eigenvalue weighted by Gasteiger charge is -2.31. The van der Waals surface area contributed by atoms with Gasteiger partial charge in [0, 0.05) is 19.0 Å². The van der Waals surface area contributed by atoms with Crippen molar-refractivity contribution in [1.82, 2.24) is 4.90 Å². The van der Waals surface area contributed by atoms with E-state index in [4.69, 9.17) is 4.74 Å². The van der Waals surface area contributed by atoms with Gasteiger partial charge >= 0.3 is 5.97 Å². The number of rotatable bonds is 4. The summed E-state index contributed by atoms with van der Waals surface area (Å²) in [5.74, 6) is -0.339. The maximum atomic E-state index is 12.7. The van der Waals surface area contributed by atoms with Gasteiger partial charge in [-0.05, 0) is 18.4 Å². The molecule has 1 aromatic carbocycles. The molecule has 3 rings (SSSR count). The van der Waals surface area contributed by atoms with Crippen molar-refractivity contribution in [2.24, 2.45) is 23.7 Å². The van der Waals surface area contributed by atoms with Crippen molar-refractivity contribution in [2.45, 2.75) is 20.4 Å². The number of hydrogen-bond acceptors (Lipinski definition) is 3. The molecular formula is C19H23NO3. The number of ether oxygens (including phenoxy) is 1. The molecule has 4 atom stereocenters. The Bertz CT molecular complexity index is 610. The smallest absolute Gasteiger partial charge is 0.309 e. The van der Waals surface area contributed by atoms with Gasteiger partial charge in [0.25, 0.3) is 0 Å². The van der Waals surface area contributed by atoms with E-state index < -0.39 is 0 Å². The molecule has 0 saturated carbocycles. The standard InChI is InChI=1S/C19H23NO3/c1-3-23-19(22)17-13(2)9-10-15-16(17)12-20(18(15)21)11-14-7-5-4-6-8-14/h4-10,13,15-17H,3,11-12H2,1-2H3/t13-,15+,16-,17-/m0/s1. The van der Waals surface area contributed by atoms with Crippen LogP contribution < -0.4 is 0 Å². The van der Waals surface area contributed by atoms with E-state index in [1.807, 2.05) is 61.2 Å². The van der Waals surface area contributed by atoms with Crippen LogP contribution in [0.15, 0.2) is 42.5 Å². The van der Waals surface area contributed by atoms with Crippen LogP contribution in [0, 0.1) is 23.7 Å². The van der Waals surface area contributed by atoms with Crippen LogP contribution in [0.2, 0.25) is 0 Å². The third-order valence-corrected chi connectivity index (χ3v) is 4.91. The number of amides is 1. The average Bonchev–Trinajstić information content (AvgIpc) is 2.84. The average molecular weight is 313 g/mol. The van der Waals surface area contributed by atoms with E-state index >= 15 is 0 Å². The summed E-state index contributed by atoms with van der Waals surface area (Å²) in [6.45, 7) is 5.45. The molecular weight excluding hydrogens is 290 g/mol. The van der Waals surface area contributed by atoms with Gasteiger partial charge in [0.2, 0.25) is 5.91 Å². The number of allylic oxidation sites excluding steroid dienone is 1. The Kier molecular flexibility index (Phi) is 4.51. The van der Waals surface area contributed by atoms with Gasteiger partial charge in [0.1, 0.15) is 0 Å². The molecule has 2 aliphatic rings. The van der Waals surface area contributed by atoms with E-state index in [1.165, 1.54) is 0 Å². The summed E-state index contributed by atoms with van der Waals surface area (Å²) in [5, 5.41) is 0. The van der Waals surface area contributed by atoms with Crippen molar-refractivity contribution in [3.05, 3.63) is 48.0 Å². The van der Waals surface area contributed by atoms with Gasteiger partial charge in [-0.25, -0.2) is 0 Å². The zero-order chi connectivity index (χ0) is 16.4. The number of benzene rings is 1. The van der Waals surface area contributed by atoms with Crippen molar-refractivity contribution >= 4 is 11.9 Å². The number of nitrogens with zero attached hydrogens (tertiary/aromatic N) is 1. The van der Waals surface area contributed by atoms with Crippen LogP contribution in [0.25, 0.3) is 0 Å². The fraction of sp³-hybridized carbons (Fsp3) is 0.474. The lowest BCUT2D eigenvalue weighted by atomic mass is 9.72. The lowest BCUT2D eigenvalue weighted by molar-refractivity contribution is -0.152. The summed E-state index contributed by atoms with van der Waals surface area (Å²) < 4.78 is 5.25. The zero-order valence-corrected chi connectivity index (χ0v) is 13.6. The first kappa shape index (κ1) is 15.8. The molecule has 1 aromatic rings. The molecule has 1 saturated heterocycles. The third kappa shape index (κ3) is 3.03. The highest BCUT2D eigenvalue weighted by molar-refractivity contribution is 5.85. The molecule has 23 heavy (non-hydrogen) atoms. The molecule has 0 radical (unpaired) electrons. The molecule has 1 aliphatic carbocycles. The minimum atomic E-state index is -0.227. The minimum Gasteiger partial charge on any atom is -0.466 e. The number of hydrogen-bond donors (Lipinski definition) is 0. The SMILES string of the molecule is CCOC(=O)[C@@H]1[C@H]2CN(Cc3ccccc3)C(=O)[C@@H]2C=C[C@@H]1C.